The molecular weight excluding hydrogens is 342 g/mol. The Morgan fingerprint density at radius 3 is 2.70 bits per heavy atom. The monoisotopic (exact) mass is 367 g/mol. The third kappa shape index (κ3) is 2.72. The van der Waals surface area contributed by atoms with Crippen molar-refractivity contribution in [2.75, 3.05) is 0 Å². The number of aromatic nitrogens is 1. The van der Waals surface area contributed by atoms with E-state index in [-0.39, 0.29) is 41.9 Å². The lowest BCUT2D eigenvalue weighted by molar-refractivity contribution is -0.00285. The van der Waals surface area contributed by atoms with Gasteiger partial charge in [-0.3, -0.25) is 4.79 Å². The molecule has 0 unspecified atom stereocenters. The molecule has 0 aliphatic heterocycles. The van der Waals surface area contributed by atoms with Crippen molar-refractivity contribution in [1.82, 2.24) is 5.16 Å². The van der Waals surface area contributed by atoms with Gasteiger partial charge in [0.2, 0.25) is 5.78 Å². The Balaban J connectivity index is 1.76. The zero-order chi connectivity index (χ0) is 19.2. The lowest BCUT2D eigenvalue weighted by atomic mass is 9.61. The number of hydrogen-bond acceptors (Lipinski definition) is 5. The lowest BCUT2D eigenvalue weighted by Crippen LogP contribution is -2.51. The molecule has 142 valence electrons. The number of Topliss-reactive ketones (excluding diaryl/α,β-unsaturated/α-hetero) is 1. The molecule has 0 saturated carbocycles. The van der Waals surface area contributed by atoms with Gasteiger partial charge in [0.05, 0.1) is 0 Å². The minimum atomic E-state index is -1.56. The van der Waals surface area contributed by atoms with E-state index in [1.807, 2.05) is 43.3 Å². The number of carbonyl (C=O) groups is 1. The van der Waals surface area contributed by atoms with Crippen molar-refractivity contribution < 1.29 is 19.2 Å². The fourth-order valence-electron chi connectivity index (χ4n) is 4.51. The molecule has 1 heterocycles. The highest BCUT2D eigenvalue weighted by Gasteiger charge is 2.53. The Morgan fingerprint density at radius 2 is 2.00 bits per heavy atom. The van der Waals surface area contributed by atoms with E-state index in [9.17, 15) is 9.90 Å². The van der Waals surface area contributed by atoms with Crippen molar-refractivity contribution in [3.63, 3.8) is 0 Å². The molecule has 0 amide bonds. The van der Waals surface area contributed by atoms with Gasteiger partial charge in [-0.1, -0.05) is 57.2 Å². The summed E-state index contributed by atoms with van der Waals surface area (Å²) in [6.45, 7) is 6.40. The average Bonchev–Trinajstić information content (AvgIpc) is 3.09. The SMILES string of the molecule is CC[C@@H]1c2onc(OCc3ccccc3)c2C(=O)[C@]2(O)C=C[C@H]1[C@@H](C)[C@H]2C. The van der Waals surface area contributed by atoms with Crippen LogP contribution in [-0.2, 0) is 6.61 Å². The zero-order valence-electron chi connectivity index (χ0n) is 15.9. The van der Waals surface area contributed by atoms with Gasteiger partial charge in [0, 0.05) is 5.92 Å². The molecular formula is C22H25NO4. The fourth-order valence-corrected chi connectivity index (χ4v) is 4.51. The number of fused-ring (bicyclic) bond motifs is 1. The minimum absolute atomic E-state index is 0.0316. The second kappa shape index (κ2) is 6.64. The first-order valence-corrected chi connectivity index (χ1v) is 9.60. The standard InChI is InChI=1S/C22H25NO4/c1-4-16-17-10-11-22(25,14(3)13(17)2)20(24)18-19(16)27-23-21(18)26-12-15-8-6-5-7-9-15/h5-11,13-14,16-17,25H,4,12H2,1-3H3/t13-,14+,16-,17-,22-/m0/s1. The molecule has 5 rings (SSSR count). The Morgan fingerprint density at radius 1 is 1.26 bits per heavy atom. The molecule has 1 aromatic heterocycles. The maximum Gasteiger partial charge on any atom is 0.265 e. The molecule has 2 bridgehead atoms. The van der Waals surface area contributed by atoms with Gasteiger partial charge in [-0.15, -0.1) is 0 Å². The largest absolute Gasteiger partial charge is 0.470 e. The average molecular weight is 367 g/mol. The van der Waals surface area contributed by atoms with Crippen LogP contribution in [0.1, 0.15) is 54.8 Å². The van der Waals surface area contributed by atoms with Crippen LogP contribution in [0.3, 0.4) is 0 Å². The summed E-state index contributed by atoms with van der Waals surface area (Å²) in [4.78, 5) is 13.4. The highest BCUT2D eigenvalue weighted by molar-refractivity contribution is 6.07. The zero-order valence-corrected chi connectivity index (χ0v) is 15.9. The van der Waals surface area contributed by atoms with Crippen LogP contribution in [0, 0.1) is 17.8 Å². The summed E-state index contributed by atoms with van der Waals surface area (Å²) in [5.74, 6) is 0.508. The summed E-state index contributed by atoms with van der Waals surface area (Å²) in [6, 6.07) is 9.69. The van der Waals surface area contributed by atoms with Crippen molar-refractivity contribution in [1.29, 1.82) is 0 Å². The van der Waals surface area contributed by atoms with Crippen molar-refractivity contribution in [3.05, 3.63) is 59.4 Å². The second-order valence-corrected chi connectivity index (χ2v) is 7.75. The molecule has 0 saturated heterocycles. The summed E-state index contributed by atoms with van der Waals surface area (Å²) < 4.78 is 11.5. The highest BCUT2D eigenvalue weighted by atomic mass is 16.5. The predicted molar refractivity (Wildman–Crippen MR) is 101 cm³/mol. The van der Waals surface area contributed by atoms with Crippen LogP contribution in [0.4, 0.5) is 0 Å². The first kappa shape index (κ1) is 18.0. The fraction of sp³-hybridized carbons (Fsp3) is 0.455. The van der Waals surface area contributed by atoms with Gasteiger partial charge in [-0.25, -0.2) is 0 Å². The van der Waals surface area contributed by atoms with E-state index in [2.05, 4.69) is 19.0 Å². The first-order valence-electron chi connectivity index (χ1n) is 9.60. The Hall–Kier alpha value is -2.40. The molecule has 3 aliphatic carbocycles. The van der Waals surface area contributed by atoms with Crippen LogP contribution in [0.5, 0.6) is 5.88 Å². The molecule has 5 atom stereocenters. The summed E-state index contributed by atoms with van der Waals surface area (Å²) in [7, 11) is 0. The number of carbonyl (C=O) groups excluding carboxylic acids is 1. The third-order valence-corrected chi connectivity index (χ3v) is 6.40. The van der Waals surface area contributed by atoms with Crippen LogP contribution in [-0.4, -0.2) is 21.6 Å². The van der Waals surface area contributed by atoms with Gasteiger partial charge in [0.1, 0.15) is 17.8 Å². The molecule has 0 radical (unpaired) electrons. The Kier molecular flexibility index (Phi) is 4.42. The smallest absolute Gasteiger partial charge is 0.265 e. The van der Waals surface area contributed by atoms with Gasteiger partial charge < -0.3 is 14.4 Å². The van der Waals surface area contributed by atoms with Gasteiger partial charge in [0.25, 0.3) is 5.88 Å². The van der Waals surface area contributed by atoms with Crippen LogP contribution in [0.25, 0.3) is 0 Å². The van der Waals surface area contributed by atoms with E-state index < -0.39 is 5.60 Å². The Labute approximate surface area is 159 Å². The van der Waals surface area contributed by atoms with Crippen molar-refractivity contribution in [2.24, 2.45) is 17.8 Å². The number of benzene rings is 1. The Bertz CT molecular complexity index is 872. The van der Waals surface area contributed by atoms with E-state index >= 15 is 0 Å². The van der Waals surface area contributed by atoms with Crippen molar-refractivity contribution >= 4 is 5.78 Å². The molecule has 5 heteroatoms. The molecule has 1 aromatic carbocycles. The van der Waals surface area contributed by atoms with Gasteiger partial charge in [-0.2, -0.15) is 0 Å². The van der Waals surface area contributed by atoms with Crippen LogP contribution in [0.15, 0.2) is 47.0 Å². The molecule has 5 nitrogen and oxygen atoms in total. The van der Waals surface area contributed by atoms with Crippen LogP contribution < -0.4 is 4.74 Å². The summed E-state index contributed by atoms with van der Waals surface area (Å²) in [5, 5.41) is 15.3. The maximum atomic E-state index is 13.4. The second-order valence-electron chi connectivity index (χ2n) is 7.75. The topological polar surface area (TPSA) is 72.6 Å². The molecule has 1 N–H and O–H groups in total. The molecule has 0 fully saturated rings. The maximum absolute atomic E-state index is 13.4. The van der Waals surface area contributed by atoms with E-state index in [1.165, 1.54) is 0 Å². The number of rotatable bonds is 4. The van der Waals surface area contributed by atoms with E-state index in [0.717, 1.165) is 12.0 Å². The predicted octanol–water partition coefficient (Wildman–Crippen LogP) is 4.13. The van der Waals surface area contributed by atoms with E-state index in [1.54, 1.807) is 6.08 Å². The normalized spacial score (nSPS) is 32.1. The third-order valence-electron chi connectivity index (χ3n) is 6.40. The van der Waals surface area contributed by atoms with Crippen molar-refractivity contribution in [2.45, 2.75) is 45.3 Å². The van der Waals surface area contributed by atoms with E-state index in [0.29, 0.717) is 11.3 Å². The quantitative estimate of drug-likeness (QED) is 0.823. The van der Waals surface area contributed by atoms with Crippen molar-refractivity contribution in [3.8, 4) is 5.88 Å². The number of allylic oxidation sites excluding steroid dienone is 1. The highest BCUT2D eigenvalue weighted by Crippen LogP contribution is 2.50. The molecule has 2 aromatic rings. The van der Waals surface area contributed by atoms with Crippen LogP contribution in [0.2, 0.25) is 0 Å². The van der Waals surface area contributed by atoms with E-state index in [4.69, 9.17) is 9.26 Å². The lowest BCUT2D eigenvalue weighted by Gasteiger charge is -2.44. The summed E-state index contributed by atoms with van der Waals surface area (Å²) >= 11 is 0. The molecule has 3 aliphatic rings. The van der Waals surface area contributed by atoms with Crippen LogP contribution >= 0.6 is 0 Å². The number of hydrogen-bond donors (Lipinski definition) is 1. The number of ether oxygens (including phenoxy) is 1. The number of aliphatic hydroxyl groups is 1. The summed E-state index contributed by atoms with van der Waals surface area (Å²) in [5.41, 5.74) is -0.283. The molecule has 0 spiro atoms. The number of ketones is 1. The number of nitrogens with zero attached hydrogens (tertiary/aromatic N) is 1. The van der Waals surface area contributed by atoms with Gasteiger partial charge in [-0.05, 0) is 41.0 Å². The first-order chi connectivity index (χ1) is 13.0. The van der Waals surface area contributed by atoms with Gasteiger partial charge >= 0.3 is 0 Å². The van der Waals surface area contributed by atoms with Gasteiger partial charge in [0.15, 0.2) is 5.76 Å². The minimum Gasteiger partial charge on any atom is -0.470 e. The summed E-state index contributed by atoms with van der Waals surface area (Å²) in [6.07, 6.45) is 4.47. The molecule has 27 heavy (non-hydrogen) atoms.